The van der Waals surface area contributed by atoms with Gasteiger partial charge in [0.05, 0.1) is 11.8 Å². The van der Waals surface area contributed by atoms with E-state index in [1.807, 2.05) is 12.1 Å². The number of fused-ring (bicyclic) bond motifs is 1. The molecule has 1 amide bonds. The summed E-state index contributed by atoms with van der Waals surface area (Å²) in [6, 6.07) is 8.86. The van der Waals surface area contributed by atoms with Crippen LogP contribution in [0, 0.1) is 23.2 Å². The van der Waals surface area contributed by atoms with Crippen molar-refractivity contribution in [2.75, 3.05) is 11.4 Å². The molecular weight excluding hydrogens is 252 g/mol. The van der Waals surface area contributed by atoms with Gasteiger partial charge in [-0.1, -0.05) is 32.4 Å². The molecule has 0 saturated heterocycles. The Morgan fingerprint density at radius 3 is 2.70 bits per heavy atom. The van der Waals surface area contributed by atoms with Crippen LogP contribution in [0.15, 0.2) is 24.3 Å². The van der Waals surface area contributed by atoms with Crippen LogP contribution in [-0.2, 0) is 4.79 Å². The smallest absolute Gasteiger partial charge is 0.252 e. The van der Waals surface area contributed by atoms with Gasteiger partial charge in [0.15, 0.2) is 11.7 Å². The molecular formula is C16H18N2O2. The number of rotatable bonds is 4. The fraction of sp³-hybridized carbons (Fsp3) is 0.438. The molecule has 1 aliphatic heterocycles. The third-order valence-electron chi connectivity index (χ3n) is 3.91. The third-order valence-corrected chi connectivity index (χ3v) is 3.91. The first kappa shape index (κ1) is 14.3. The van der Waals surface area contributed by atoms with Crippen LogP contribution in [0.4, 0.5) is 5.69 Å². The zero-order valence-corrected chi connectivity index (χ0v) is 11.8. The highest BCUT2D eigenvalue weighted by atomic mass is 16.2. The number of anilines is 1. The van der Waals surface area contributed by atoms with Gasteiger partial charge in [0, 0.05) is 12.1 Å². The lowest BCUT2D eigenvalue weighted by Gasteiger charge is -2.31. The number of ketones is 1. The lowest BCUT2D eigenvalue weighted by atomic mass is 9.90. The first-order valence-corrected chi connectivity index (χ1v) is 6.94. The Hall–Kier alpha value is -2.15. The molecule has 0 fully saturated rings. The van der Waals surface area contributed by atoms with Crippen molar-refractivity contribution in [3.8, 4) is 6.07 Å². The first-order valence-electron chi connectivity index (χ1n) is 6.94. The number of Topliss-reactive ketones (excluding diaryl/α,β-unsaturated/α-hetero) is 1. The number of benzene rings is 1. The number of carbonyl (C=O) groups excluding carboxylic acids is 2. The van der Waals surface area contributed by atoms with Gasteiger partial charge in [0.1, 0.15) is 0 Å². The van der Waals surface area contributed by atoms with E-state index in [4.69, 9.17) is 5.26 Å². The average molecular weight is 270 g/mol. The molecule has 0 bridgehead atoms. The van der Waals surface area contributed by atoms with Crippen LogP contribution in [0.25, 0.3) is 0 Å². The SMILES string of the molecule is CCC(C)CCN1C(=O)C(C#N)C(=O)c2ccccc21. The zero-order chi connectivity index (χ0) is 14.7. The van der Waals surface area contributed by atoms with E-state index in [-0.39, 0.29) is 11.7 Å². The van der Waals surface area contributed by atoms with Crippen LogP contribution in [0.5, 0.6) is 0 Å². The van der Waals surface area contributed by atoms with E-state index in [9.17, 15) is 9.59 Å². The summed E-state index contributed by atoms with van der Waals surface area (Å²) in [5, 5.41) is 9.08. The highest BCUT2D eigenvalue weighted by Crippen LogP contribution is 2.30. The van der Waals surface area contributed by atoms with Gasteiger partial charge in [-0.15, -0.1) is 0 Å². The second-order valence-corrected chi connectivity index (χ2v) is 5.24. The quantitative estimate of drug-likeness (QED) is 0.790. The van der Waals surface area contributed by atoms with Crippen LogP contribution in [-0.4, -0.2) is 18.2 Å². The fourth-order valence-corrected chi connectivity index (χ4v) is 2.36. The van der Waals surface area contributed by atoms with Crippen LogP contribution in [0.2, 0.25) is 0 Å². The lowest BCUT2D eigenvalue weighted by molar-refractivity contribution is -0.120. The molecule has 1 aromatic carbocycles. The molecule has 1 heterocycles. The number of amides is 1. The van der Waals surface area contributed by atoms with Crippen LogP contribution in [0.3, 0.4) is 0 Å². The summed E-state index contributed by atoms with van der Waals surface area (Å²) in [7, 11) is 0. The Labute approximate surface area is 119 Å². The summed E-state index contributed by atoms with van der Waals surface area (Å²) in [6.45, 7) is 4.79. The number of nitriles is 1. The minimum atomic E-state index is -1.19. The molecule has 1 aliphatic rings. The van der Waals surface area contributed by atoms with E-state index < -0.39 is 5.92 Å². The molecule has 20 heavy (non-hydrogen) atoms. The molecule has 2 atom stereocenters. The summed E-state index contributed by atoms with van der Waals surface area (Å²) < 4.78 is 0. The molecule has 0 spiro atoms. The van der Waals surface area contributed by atoms with Crippen molar-refractivity contribution in [2.24, 2.45) is 11.8 Å². The number of carbonyl (C=O) groups is 2. The summed E-state index contributed by atoms with van der Waals surface area (Å²) in [4.78, 5) is 26.0. The number of hydrogen-bond donors (Lipinski definition) is 0. The number of nitrogens with zero attached hydrogens (tertiary/aromatic N) is 2. The van der Waals surface area contributed by atoms with E-state index in [1.54, 1.807) is 23.1 Å². The lowest BCUT2D eigenvalue weighted by Crippen LogP contribution is -2.44. The van der Waals surface area contributed by atoms with Gasteiger partial charge in [-0.2, -0.15) is 5.26 Å². The van der Waals surface area contributed by atoms with E-state index in [0.29, 0.717) is 23.7 Å². The van der Waals surface area contributed by atoms with Crippen molar-refractivity contribution >= 4 is 17.4 Å². The monoisotopic (exact) mass is 270 g/mol. The third kappa shape index (κ3) is 2.44. The van der Waals surface area contributed by atoms with Crippen LogP contribution in [0.1, 0.15) is 37.0 Å². The maximum Gasteiger partial charge on any atom is 0.252 e. The minimum Gasteiger partial charge on any atom is -0.310 e. The minimum absolute atomic E-state index is 0.382. The highest BCUT2D eigenvalue weighted by Gasteiger charge is 2.39. The van der Waals surface area contributed by atoms with Crippen LogP contribution >= 0.6 is 0 Å². The van der Waals surface area contributed by atoms with Gasteiger partial charge < -0.3 is 4.90 Å². The summed E-state index contributed by atoms with van der Waals surface area (Å²) in [5.74, 6) is -1.46. The maximum atomic E-state index is 12.3. The molecule has 0 aliphatic carbocycles. The maximum absolute atomic E-state index is 12.3. The Morgan fingerprint density at radius 2 is 2.05 bits per heavy atom. The van der Waals surface area contributed by atoms with Crippen molar-refractivity contribution < 1.29 is 9.59 Å². The van der Waals surface area contributed by atoms with Crippen molar-refractivity contribution in [3.05, 3.63) is 29.8 Å². The predicted molar refractivity (Wildman–Crippen MR) is 76.3 cm³/mol. The van der Waals surface area contributed by atoms with E-state index in [2.05, 4.69) is 13.8 Å². The Kier molecular flexibility index (Phi) is 4.19. The molecule has 4 nitrogen and oxygen atoms in total. The van der Waals surface area contributed by atoms with Gasteiger partial charge >= 0.3 is 0 Å². The standard InChI is InChI=1S/C16H18N2O2/c1-3-11(2)8-9-18-14-7-5-4-6-12(14)15(19)13(10-17)16(18)20/h4-7,11,13H,3,8-9H2,1-2H3. The molecule has 1 aromatic rings. The second kappa shape index (κ2) is 5.87. The topological polar surface area (TPSA) is 61.2 Å². The van der Waals surface area contributed by atoms with Crippen LogP contribution < -0.4 is 4.90 Å². The van der Waals surface area contributed by atoms with E-state index >= 15 is 0 Å². The van der Waals surface area contributed by atoms with Gasteiger partial charge in [-0.25, -0.2) is 0 Å². The Bertz CT molecular complexity index is 574. The molecule has 4 heteroatoms. The fourth-order valence-electron chi connectivity index (χ4n) is 2.36. The molecule has 0 aromatic heterocycles. The molecule has 0 saturated carbocycles. The summed E-state index contributed by atoms with van der Waals surface area (Å²) in [6.07, 6.45) is 1.91. The predicted octanol–water partition coefficient (Wildman–Crippen LogP) is 2.79. The molecule has 2 rings (SSSR count). The molecule has 104 valence electrons. The van der Waals surface area contributed by atoms with Gasteiger partial charge in [-0.05, 0) is 24.5 Å². The largest absolute Gasteiger partial charge is 0.310 e. The first-order chi connectivity index (χ1) is 9.60. The summed E-state index contributed by atoms with van der Waals surface area (Å²) >= 11 is 0. The van der Waals surface area contributed by atoms with Crippen molar-refractivity contribution in [3.63, 3.8) is 0 Å². The van der Waals surface area contributed by atoms with Gasteiger partial charge in [0.2, 0.25) is 0 Å². The summed E-state index contributed by atoms with van der Waals surface area (Å²) in [5.41, 5.74) is 1.11. The van der Waals surface area contributed by atoms with Crippen molar-refractivity contribution in [2.45, 2.75) is 26.7 Å². The van der Waals surface area contributed by atoms with E-state index in [0.717, 1.165) is 12.8 Å². The molecule has 0 N–H and O–H groups in total. The van der Waals surface area contributed by atoms with Crippen molar-refractivity contribution in [1.82, 2.24) is 0 Å². The van der Waals surface area contributed by atoms with Gasteiger partial charge in [-0.3, -0.25) is 9.59 Å². The average Bonchev–Trinajstić information content (AvgIpc) is 2.47. The second-order valence-electron chi connectivity index (χ2n) is 5.24. The zero-order valence-electron chi connectivity index (χ0n) is 11.8. The number of para-hydroxylation sites is 1. The highest BCUT2D eigenvalue weighted by molar-refractivity contribution is 6.23. The van der Waals surface area contributed by atoms with E-state index in [1.165, 1.54) is 0 Å². The number of hydrogen-bond acceptors (Lipinski definition) is 3. The van der Waals surface area contributed by atoms with Gasteiger partial charge in [0.25, 0.3) is 5.91 Å². The Morgan fingerprint density at radius 1 is 1.35 bits per heavy atom. The molecule has 2 unspecified atom stereocenters. The normalized spacial score (nSPS) is 19.4. The van der Waals surface area contributed by atoms with Crippen molar-refractivity contribution in [1.29, 1.82) is 5.26 Å². The Balaban J connectivity index is 2.35. The molecule has 0 radical (unpaired) electrons.